The fourth-order valence-electron chi connectivity index (χ4n) is 2.35. The lowest BCUT2D eigenvalue weighted by Crippen LogP contribution is -1.92. The number of aromatic hydroxyl groups is 1. The Labute approximate surface area is 165 Å². The van der Waals surface area contributed by atoms with Gasteiger partial charge in [-0.3, -0.25) is 0 Å². The van der Waals surface area contributed by atoms with E-state index in [9.17, 15) is 5.11 Å². The quantitative estimate of drug-likeness (QED) is 0.602. The molecule has 0 aliphatic rings. The second kappa shape index (κ2) is 8.33. The highest BCUT2D eigenvalue weighted by Crippen LogP contribution is 2.36. The zero-order valence-electron chi connectivity index (χ0n) is 14.6. The zero-order valence-corrected chi connectivity index (χ0v) is 16.1. The minimum atomic E-state index is -0.120. The third-order valence-electron chi connectivity index (χ3n) is 3.60. The Morgan fingerprint density at radius 1 is 1.30 bits per heavy atom. The van der Waals surface area contributed by atoms with E-state index < -0.39 is 0 Å². The second-order valence-corrected chi connectivity index (χ2v) is 6.24. The van der Waals surface area contributed by atoms with Crippen LogP contribution in [0.3, 0.4) is 0 Å². The highest BCUT2D eigenvalue weighted by Gasteiger charge is 2.14. The molecule has 0 unspecified atom stereocenters. The molecule has 1 heterocycles. The number of phenolic OH excluding ortho intramolecular Hbond substituents is 1. The maximum atomic E-state index is 9.91. The standard InChI is InChI=1S/C19H16Cl2N2O4/c1-3-26-16-9-11(7-14(20)17(16)24)8-15(21)19-22-18(23-27-19)12-5-4-6-13(10-12)25-2/h4-10,24H,3H2,1-2H3/b15-8-. The lowest BCUT2D eigenvalue weighted by atomic mass is 10.2. The first-order valence-electron chi connectivity index (χ1n) is 8.02. The molecule has 6 nitrogen and oxygen atoms in total. The Balaban J connectivity index is 1.90. The first kappa shape index (κ1) is 19.1. The average molecular weight is 407 g/mol. The van der Waals surface area contributed by atoms with Crippen molar-refractivity contribution in [3.8, 4) is 28.6 Å². The Bertz CT molecular complexity index is 986. The Morgan fingerprint density at radius 2 is 2.11 bits per heavy atom. The summed E-state index contributed by atoms with van der Waals surface area (Å²) in [4.78, 5) is 4.30. The molecule has 0 saturated heterocycles. The van der Waals surface area contributed by atoms with Gasteiger partial charge in [0.2, 0.25) is 5.82 Å². The molecule has 0 spiro atoms. The molecule has 2 aromatic carbocycles. The molecule has 1 aromatic heterocycles. The van der Waals surface area contributed by atoms with Gasteiger partial charge in [-0.1, -0.05) is 40.5 Å². The van der Waals surface area contributed by atoms with Crippen LogP contribution in [-0.2, 0) is 0 Å². The van der Waals surface area contributed by atoms with Gasteiger partial charge >= 0.3 is 0 Å². The molecule has 0 bridgehead atoms. The number of hydrogen-bond donors (Lipinski definition) is 1. The van der Waals surface area contributed by atoms with Gasteiger partial charge in [0.1, 0.15) is 10.8 Å². The van der Waals surface area contributed by atoms with Crippen molar-refractivity contribution >= 4 is 34.3 Å². The van der Waals surface area contributed by atoms with Gasteiger partial charge in [-0.25, -0.2) is 0 Å². The van der Waals surface area contributed by atoms with Crippen LogP contribution in [0, 0.1) is 0 Å². The second-order valence-electron chi connectivity index (χ2n) is 5.43. The molecule has 0 radical (unpaired) electrons. The van der Waals surface area contributed by atoms with Crippen molar-refractivity contribution < 1.29 is 19.1 Å². The summed E-state index contributed by atoms with van der Waals surface area (Å²) in [6, 6.07) is 10.5. The zero-order chi connectivity index (χ0) is 19.4. The van der Waals surface area contributed by atoms with E-state index in [0.29, 0.717) is 23.7 Å². The van der Waals surface area contributed by atoms with E-state index in [1.165, 1.54) is 0 Å². The van der Waals surface area contributed by atoms with Crippen molar-refractivity contribution in [3.63, 3.8) is 0 Å². The van der Waals surface area contributed by atoms with E-state index in [1.54, 1.807) is 38.3 Å². The predicted octanol–water partition coefficient (Wildman–Crippen LogP) is 5.24. The third-order valence-corrected chi connectivity index (χ3v) is 4.16. The summed E-state index contributed by atoms with van der Waals surface area (Å²) in [5.74, 6) is 1.36. The van der Waals surface area contributed by atoms with Gasteiger partial charge in [0, 0.05) is 5.56 Å². The van der Waals surface area contributed by atoms with Gasteiger partial charge in [-0.2, -0.15) is 4.98 Å². The molecule has 140 valence electrons. The van der Waals surface area contributed by atoms with Crippen LogP contribution in [0.25, 0.3) is 22.5 Å². The minimum absolute atomic E-state index is 0.120. The molecule has 0 amide bonds. The fourth-order valence-corrected chi connectivity index (χ4v) is 2.77. The van der Waals surface area contributed by atoms with Crippen molar-refractivity contribution in [2.45, 2.75) is 6.92 Å². The van der Waals surface area contributed by atoms with Gasteiger partial charge in [-0.15, -0.1) is 0 Å². The molecule has 0 fully saturated rings. The van der Waals surface area contributed by atoms with E-state index in [0.717, 1.165) is 5.56 Å². The number of benzene rings is 2. The maximum absolute atomic E-state index is 9.91. The first-order chi connectivity index (χ1) is 13.0. The number of nitrogens with zero attached hydrogens (tertiary/aromatic N) is 2. The van der Waals surface area contributed by atoms with Crippen LogP contribution in [-0.4, -0.2) is 29.0 Å². The summed E-state index contributed by atoms with van der Waals surface area (Å²) in [5.41, 5.74) is 1.35. The molecule has 3 rings (SSSR count). The fraction of sp³-hybridized carbons (Fsp3) is 0.158. The molecule has 0 saturated carbocycles. The number of hydrogen-bond acceptors (Lipinski definition) is 6. The Kier molecular flexibility index (Phi) is 5.88. The predicted molar refractivity (Wildman–Crippen MR) is 104 cm³/mol. The van der Waals surface area contributed by atoms with E-state index in [4.69, 9.17) is 37.2 Å². The SMILES string of the molecule is CCOc1cc(/C=C(\Cl)c2nc(-c3cccc(OC)c3)no2)cc(Cl)c1O. The largest absolute Gasteiger partial charge is 0.503 e. The number of rotatable bonds is 6. The van der Waals surface area contributed by atoms with Crippen molar-refractivity contribution in [2.24, 2.45) is 0 Å². The highest BCUT2D eigenvalue weighted by atomic mass is 35.5. The molecular formula is C19H16Cl2N2O4. The van der Waals surface area contributed by atoms with Crippen LogP contribution < -0.4 is 9.47 Å². The molecule has 0 atom stereocenters. The van der Waals surface area contributed by atoms with Gasteiger partial charge < -0.3 is 19.1 Å². The Morgan fingerprint density at radius 3 is 2.85 bits per heavy atom. The third kappa shape index (κ3) is 4.35. The number of ether oxygens (including phenoxy) is 2. The smallest absolute Gasteiger partial charge is 0.269 e. The Hall–Kier alpha value is -2.70. The number of methoxy groups -OCH3 is 1. The van der Waals surface area contributed by atoms with Crippen molar-refractivity contribution in [1.82, 2.24) is 10.1 Å². The molecule has 0 aliphatic carbocycles. The first-order valence-corrected chi connectivity index (χ1v) is 8.78. The van der Waals surface area contributed by atoms with Gasteiger partial charge in [0.25, 0.3) is 5.89 Å². The van der Waals surface area contributed by atoms with Gasteiger partial charge in [0.05, 0.1) is 18.7 Å². The number of halogens is 2. The van der Waals surface area contributed by atoms with Gasteiger partial charge in [0.15, 0.2) is 11.5 Å². The van der Waals surface area contributed by atoms with E-state index in [1.807, 2.05) is 18.2 Å². The lowest BCUT2D eigenvalue weighted by molar-refractivity contribution is 0.318. The topological polar surface area (TPSA) is 77.6 Å². The molecule has 1 N–H and O–H groups in total. The van der Waals surface area contributed by atoms with Crippen LogP contribution in [0.4, 0.5) is 0 Å². The monoisotopic (exact) mass is 406 g/mol. The van der Waals surface area contributed by atoms with E-state index >= 15 is 0 Å². The van der Waals surface area contributed by atoms with Crippen LogP contribution >= 0.6 is 23.2 Å². The van der Waals surface area contributed by atoms with E-state index in [-0.39, 0.29) is 27.4 Å². The minimum Gasteiger partial charge on any atom is -0.503 e. The summed E-state index contributed by atoms with van der Waals surface area (Å²) in [7, 11) is 1.58. The van der Waals surface area contributed by atoms with Crippen molar-refractivity contribution in [1.29, 1.82) is 0 Å². The summed E-state index contributed by atoms with van der Waals surface area (Å²) in [6.07, 6.45) is 1.60. The van der Waals surface area contributed by atoms with Crippen LogP contribution in [0.1, 0.15) is 18.4 Å². The number of phenols is 1. The highest BCUT2D eigenvalue weighted by molar-refractivity contribution is 6.50. The van der Waals surface area contributed by atoms with Gasteiger partial charge in [-0.05, 0) is 42.8 Å². The molecular weight excluding hydrogens is 391 g/mol. The van der Waals surface area contributed by atoms with Crippen LogP contribution in [0.15, 0.2) is 40.9 Å². The lowest BCUT2D eigenvalue weighted by Gasteiger charge is -2.08. The molecule has 0 aliphatic heterocycles. The van der Waals surface area contributed by atoms with Crippen molar-refractivity contribution in [3.05, 3.63) is 52.9 Å². The summed E-state index contributed by atoms with van der Waals surface area (Å²) >= 11 is 12.3. The van der Waals surface area contributed by atoms with E-state index in [2.05, 4.69) is 10.1 Å². The van der Waals surface area contributed by atoms with Crippen molar-refractivity contribution in [2.75, 3.05) is 13.7 Å². The summed E-state index contributed by atoms with van der Waals surface area (Å²) in [5, 5.41) is 14.2. The summed E-state index contributed by atoms with van der Waals surface area (Å²) in [6.45, 7) is 2.19. The molecule has 27 heavy (non-hydrogen) atoms. The summed E-state index contributed by atoms with van der Waals surface area (Å²) < 4.78 is 15.8. The maximum Gasteiger partial charge on any atom is 0.269 e. The van der Waals surface area contributed by atoms with Crippen LogP contribution in [0.5, 0.6) is 17.2 Å². The number of aromatic nitrogens is 2. The normalized spacial score (nSPS) is 11.5. The molecule has 3 aromatic rings. The van der Waals surface area contributed by atoms with Crippen LogP contribution in [0.2, 0.25) is 5.02 Å². The average Bonchev–Trinajstić information content (AvgIpc) is 3.16. The molecule has 8 heteroatoms.